The van der Waals surface area contributed by atoms with Gasteiger partial charge in [0, 0.05) is 24.5 Å². The minimum Gasteiger partial charge on any atom is -0.497 e. The number of nitrogens with zero attached hydrogens (tertiary/aromatic N) is 2. The number of H-pyrrole nitrogens is 1. The molecule has 0 spiro atoms. The van der Waals surface area contributed by atoms with E-state index in [0.29, 0.717) is 12.0 Å². The van der Waals surface area contributed by atoms with Crippen molar-refractivity contribution in [2.45, 2.75) is 31.3 Å². The molecule has 0 saturated heterocycles. The molecule has 1 aromatic heterocycles. The highest BCUT2D eigenvalue weighted by Gasteiger charge is 2.33. The number of aromatic nitrogens is 2. The first-order chi connectivity index (χ1) is 9.76. The van der Waals surface area contributed by atoms with E-state index in [-0.39, 0.29) is 0 Å². The predicted octanol–water partition coefficient (Wildman–Crippen LogP) is 2.80. The van der Waals surface area contributed by atoms with Gasteiger partial charge in [0.25, 0.3) is 0 Å². The third-order valence-electron chi connectivity index (χ3n) is 4.28. The third kappa shape index (κ3) is 2.70. The molecule has 1 fully saturated rings. The summed E-state index contributed by atoms with van der Waals surface area (Å²) in [4.78, 5) is 9.63. The second kappa shape index (κ2) is 5.67. The van der Waals surface area contributed by atoms with Gasteiger partial charge in [-0.15, -0.1) is 0 Å². The number of hydrogen-bond donors (Lipinski definition) is 1. The van der Waals surface area contributed by atoms with Crippen LogP contribution in [0.15, 0.2) is 36.8 Å². The summed E-state index contributed by atoms with van der Waals surface area (Å²) in [5, 5.41) is 0. The van der Waals surface area contributed by atoms with E-state index in [1.807, 2.05) is 12.3 Å². The number of nitrogens with one attached hydrogen (secondary N) is 1. The van der Waals surface area contributed by atoms with Gasteiger partial charge < -0.3 is 9.72 Å². The lowest BCUT2D eigenvalue weighted by molar-refractivity contribution is 0.129. The summed E-state index contributed by atoms with van der Waals surface area (Å²) in [7, 11) is 3.91. The first-order valence-electron chi connectivity index (χ1n) is 7.07. The fraction of sp³-hybridized carbons (Fsp3) is 0.438. The molecule has 0 unspecified atom stereocenters. The molecule has 0 aliphatic heterocycles. The molecule has 0 amide bonds. The van der Waals surface area contributed by atoms with Crippen molar-refractivity contribution in [2.75, 3.05) is 14.2 Å². The maximum absolute atomic E-state index is 5.30. The van der Waals surface area contributed by atoms with Crippen LogP contribution in [0.3, 0.4) is 0 Å². The van der Waals surface area contributed by atoms with Crippen molar-refractivity contribution in [1.82, 2.24) is 14.9 Å². The van der Waals surface area contributed by atoms with E-state index in [0.717, 1.165) is 12.3 Å². The van der Waals surface area contributed by atoms with Crippen molar-refractivity contribution in [2.24, 2.45) is 0 Å². The minimum atomic E-state index is 0.662. The smallest absolute Gasteiger partial charge is 0.119 e. The number of benzene rings is 1. The summed E-state index contributed by atoms with van der Waals surface area (Å²) in [6.45, 7) is 0.940. The van der Waals surface area contributed by atoms with Crippen LogP contribution < -0.4 is 4.74 Å². The molecule has 1 aliphatic carbocycles. The Morgan fingerprint density at radius 2 is 2.25 bits per heavy atom. The fourth-order valence-corrected chi connectivity index (χ4v) is 2.88. The number of ether oxygens (including phenoxy) is 1. The standard InChI is InChI=1S/C16H21N3O/c1-19(10-14-9-17-11-18-14)15-6-13(7-15)12-4-3-5-16(8-12)20-2/h3-5,8-9,11,13,15H,6-7,10H2,1-2H3,(H,17,18). The van der Waals surface area contributed by atoms with E-state index in [2.05, 4.69) is 40.1 Å². The summed E-state index contributed by atoms with van der Waals surface area (Å²) in [6.07, 6.45) is 6.08. The predicted molar refractivity (Wildman–Crippen MR) is 78.8 cm³/mol. The monoisotopic (exact) mass is 271 g/mol. The molecular weight excluding hydrogens is 250 g/mol. The van der Waals surface area contributed by atoms with E-state index in [1.165, 1.54) is 24.1 Å². The van der Waals surface area contributed by atoms with Gasteiger partial charge in [0.05, 0.1) is 13.4 Å². The lowest BCUT2D eigenvalue weighted by Gasteiger charge is -2.41. The molecule has 4 heteroatoms. The Balaban J connectivity index is 1.55. The van der Waals surface area contributed by atoms with Crippen molar-refractivity contribution in [3.05, 3.63) is 48.0 Å². The van der Waals surface area contributed by atoms with Crippen LogP contribution in [0.2, 0.25) is 0 Å². The van der Waals surface area contributed by atoms with Gasteiger partial charge in [-0.1, -0.05) is 12.1 Å². The summed E-state index contributed by atoms with van der Waals surface area (Å²) < 4.78 is 5.30. The second-order valence-corrected chi connectivity index (χ2v) is 5.59. The first-order valence-corrected chi connectivity index (χ1v) is 7.07. The highest BCUT2D eigenvalue weighted by molar-refractivity contribution is 5.32. The molecule has 1 N–H and O–H groups in total. The molecular formula is C16H21N3O. The van der Waals surface area contributed by atoms with Crippen LogP contribution in [0.1, 0.15) is 30.0 Å². The SMILES string of the molecule is COc1cccc(C2CC(N(C)Cc3cnc[nH]3)C2)c1. The Hall–Kier alpha value is -1.81. The van der Waals surface area contributed by atoms with Gasteiger partial charge in [0.1, 0.15) is 5.75 Å². The molecule has 1 aliphatic rings. The normalized spacial score (nSPS) is 21.8. The Bertz CT molecular complexity index is 547. The highest BCUT2D eigenvalue weighted by atomic mass is 16.5. The number of imidazole rings is 1. The first kappa shape index (κ1) is 13.2. The number of hydrogen-bond acceptors (Lipinski definition) is 3. The Morgan fingerprint density at radius 3 is 2.95 bits per heavy atom. The molecule has 0 radical (unpaired) electrons. The maximum atomic E-state index is 5.30. The van der Waals surface area contributed by atoms with Gasteiger partial charge in [-0.3, -0.25) is 4.90 Å². The Morgan fingerprint density at radius 1 is 1.40 bits per heavy atom. The van der Waals surface area contributed by atoms with Gasteiger partial charge in [-0.05, 0) is 43.5 Å². The zero-order valence-corrected chi connectivity index (χ0v) is 12.0. The minimum absolute atomic E-state index is 0.662. The van der Waals surface area contributed by atoms with Crippen LogP contribution in [0.25, 0.3) is 0 Å². The zero-order chi connectivity index (χ0) is 13.9. The third-order valence-corrected chi connectivity index (χ3v) is 4.28. The van der Waals surface area contributed by atoms with E-state index < -0.39 is 0 Å². The lowest BCUT2D eigenvalue weighted by Crippen LogP contribution is -2.41. The van der Waals surface area contributed by atoms with Crippen molar-refractivity contribution < 1.29 is 4.74 Å². The van der Waals surface area contributed by atoms with Crippen LogP contribution in [-0.4, -0.2) is 35.1 Å². The van der Waals surface area contributed by atoms with Crippen LogP contribution in [0.5, 0.6) is 5.75 Å². The van der Waals surface area contributed by atoms with Crippen molar-refractivity contribution >= 4 is 0 Å². The molecule has 1 aromatic carbocycles. The molecule has 106 valence electrons. The lowest BCUT2D eigenvalue weighted by atomic mass is 9.75. The van der Waals surface area contributed by atoms with Crippen molar-refractivity contribution in [1.29, 1.82) is 0 Å². The number of methoxy groups -OCH3 is 1. The highest BCUT2D eigenvalue weighted by Crippen LogP contribution is 2.40. The van der Waals surface area contributed by atoms with E-state index in [9.17, 15) is 0 Å². The molecule has 3 rings (SSSR count). The van der Waals surface area contributed by atoms with E-state index in [1.54, 1.807) is 13.4 Å². The van der Waals surface area contributed by atoms with Crippen LogP contribution in [0.4, 0.5) is 0 Å². The Labute approximate surface area is 119 Å². The summed E-state index contributed by atoms with van der Waals surface area (Å²) in [6, 6.07) is 9.11. The molecule has 1 heterocycles. The molecule has 2 aromatic rings. The van der Waals surface area contributed by atoms with Crippen molar-refractivity contribution in [3.8, 4) is 5.75 Å². The average molecular weight is 271 g/mol. The van der Waals surface area contributed by atoms with Gasteiger partial charge in [0.2, 0.25) is 0 Å². The number of rotatable bonds is 5. The summed E-state index contributed by atoms with van der Waals surface area (Å²) >= 11 is 0. The van der Waals surface area contributed by atoms with Crippen LogP contribution in [-0.2, 0) is 6.54 Å². The zero-order valence-electron chi connectivity index (χ0n) is 12.0. The summed E-state index contributed by atoms with van der Waals surface area (Å²) in [5.41, 5.74) is 2.58. The van der Waals surface area contributed by atoms with Crippen molar-refractivity contribution in [3.63, 3.8) is 0 Å². The second-order valence-electron chi connectivity index (χ2n) is 5.59. The molecule has 1 saturated carbocycles. The van der Waals surface area contributed by atoms with Gasteiger partial charge in [0.15, 0.2) is 0 Å². The summed E-state index contributed by atoms with van der Waals surface area (Å²) in [5.74, 6) is 1.62. The molecule has 4 nitrogen and oxygen atoms in total. The maximum Gasteiger partial charge on any atom is 0.119 e. The average Bonchev–Trinajstić information content (AvgIpc) is 2.90. The fourth-order valence-electron chi connectivity index (χ4n) is 2.88. The number of aromatic amines is 1. The van der Waals surface area contributed by atoms with Crippen LogP contribution >= 0.6 is 0 Å². The quantitative estimate of drug-likeness (QED) is 0.909. The largest absolute Gasteiger partial charge is 0.497 e. The van der Waals surface area contributed by atoms with Gasteiger partial charge in [-0.2, -0.15) is 0 Å². The van der Waals surface area contributed by atoms with Crippen LogP contribution in [0, 0.1) is 0 Å². The van der Waals surface area contributed by atoms with Gasteiger partial charge >= 0.3 is 0 Å². The molecule has 20 heavy (non-hydrogen) atoms. The van der Waals surface area contributed by atoms with Gasteiger partial charge in [-0.25, -0.2) is 4.98 Å². The van der Waals surface area contributed by atoms with E-state index >= 15 is 0 Å². The van der Waals surface area contributed by atoms with E-state index in [4.69, 9.17) is 4.74 Å². The Kier molecular flexibility index (Phi) is 3.74. The molecule has 0 bridgehead atoms. The molecule has 0 atom stereocenters. The topological polar surface area (TPSA) is 41.1 Å².